The molecule has 0 aromatic heterocycles. The summed E-state index contributed by atoms with van der Waals surface area (Å²) in [6.45, 7) is 4.19. The summed E-state index contributed by atoms with van der Waals surface area (Å²) < 4.78 is 0. The normalized spacial score (nSPS) is 42.2. The molecule has 0 bridgehead atoms. The van der Waals surface area contributed by atoms with E-state index in [4.69, 9.17) is 5.26 Å². The first kappa shape index (κ1) is 9.54. The maximum atomic E-state index is 10.1. The van der Waals surface area contributed by atoms with Crippen molar-refractivity contribution in [2.45, 2.75) is 45.1 Å². The first-order valence-corrected chi connectivity index (χ1v) is 4.68. The highest BCUT2D eigenvalue weighted by molar-refractivity contribution is 4.96. The van der Waals surface area contributed by atoms with Gasteiger partial charge < -0.3 is 5.11 Å². The van der Waals surface area contributed by atoms with Gasteiger partial charge in [-0.05, 0) is 24.7 Å². The molecule has 1 aliphatic rings. The number of nitriles is 1. The van der Waals surface area contributed by atoms with Gasteiger partial charge in [-0.15, -0.1) is 0 Å². The molecule has 2 heteroatoms. The van der Waals surface area contributed by atoms with Crippen LogP contribution in [0.4, 0.5) is 0 Å². The molecular weight excluding hydrogens is 150 g/mol. The lowest BCUT2D eigenvalue weighted by molar-refractivity contribution is -0.0525. The highest BCUT2D eigenvalue weighted by Crippen LogP contribution is 2.38. The summed E-state index contributed by atoms with van der Waals surface area (Å²) >= 11 is 0. The summed E-state index contributed by atoms with van der Waals surface area (Å²) in [6.07, 6.45) is 3.33. The maximum Gasteiger partial charge on any atom is 0.0805 e. The summed E-state index contributed by atoms with van der Waals surface area (Å²) in [6, 6.07) is 2.08. The van der Waals surface area contributed by atoms with Crippen LogP contribution in [-0.2, 0) is 0 Å². The molecule has 3 atom stereocenters. The Morgan fingerprint density at radius 3 is 2.75 bits per heavy atom. The van der Waals surface area contributed by atoms with Crippen LogP contribution in [0.3, 0.4) is 0 Å². The Morgan fingerprint density at radius 1 is 1.50 bits per heavy atom. The predicted molar refractivity (Wildman–Crippen MR) is 47.4 cm³/mol. The molecule has 0 aromatic rings. The zero-order chi connectivity index (χ0) is 9.19. The first-order valence-electron chi connectivity index (χ1n) is 4.68. The van der Waals surface area contributed by atoms with Crippen LogP contribution >= 0.6 is 0 Å². The van der Waals surface area contributed by atoms with Crippen molar-refractivity contribution in [1.82, 2.24) is 0 Å². The molecule has 12 heavy (non-hydrogen) atoms. The number of nitrogens with zero attached hydrogens (tertiary/aromatic N) is 1. The van der Waals surface area contributed by atoms with Crippen molar-refractivity contribution in [2.24, 2.45) is 11.8 Å². The molecule has 0 spiro atoms. The lowest BCUT2D eigenvalue weighted by Gasteiger charge is -2.39. The van der Waals surface area contributed by atoms with Crippen LogP contribution in [-0.4, -0.2) is 10.7 Å². The lowest BCUT2D eigenvalue weighted by Crippen LogP contribution is -2.41. The van der Waals surface area contributed by atoms with Crippen molar-refractivity contribution < 1.29 is 5.11 Å². The first-order chi connectivity index (χ1) is 5.58. The van der Waals surface area contributed by atoms with Crippen LogP contribution in [0.25, 0.3) is 0 Å². The average molecular weight is 167 g/mol. The van der Waals surface area contributed by atoms with E-state index < -0.39 is 5.60 Å². The molecule has 0 saturated heterocycles. The molecule has 0 radical (unpaired) electrons. The fourth-order valence-corrected chi connectivity index (χ4v) is 2.09. The Labute approximate surface area is 74.2 Å². The van der Waals surface area contributed by atoms with Crippen LogP contribution in [0, 0.1) is 23.2 Å². The molecule has 1 fully saturated rings. The van der Waals surface area contributed by atoms with E-state index in [1.54, 1.807) is 0 Å². The molecular formula is C10H17NO. The topological polar surface area (TPSA) is 44.0 Å². The van der Waals surface area contributed by atoms with Gasteiger partial charge in [-0.3, -0.25) is 0 Å². The minimum absolute atomic E-state index is 0.286. The molecule has 0 aromatic carbocycles. The second-order valence-electron chi connectivity index (χ2n) is 4.23. The number of aliphatic hydroxyl groups is 1. The van der Waals surface area contributed by atoms with E-state index in [1.807, 2.05) is 6.92 Å². The van der Waals surface area contributed by atoms with Crippen molar-refractivity contribution in [3.8, 4) is 6.07 Å². The second-order valence-corrected chi connectivity index (χ2v) is 4.23. The molecule has 3 unspecified atom stereocenters. The van der Waals surface area contributed by atoms with Gasteiger partial charge in [0.2, 0.25) is 0 Å². The Morgan fingerprint density at radius 2 is 2.17 bits per heavy atom. The highest BCUT2D eigenvalue weighted by Gasteiger charge is 2.38. The van der Waals surface area contributed by atoms with E-state index in [2.05, 4.69) is 13.0 Å². The number of hydrogen-bond acceptors (Lipinski definition) is 2. The third kappa shape index (κ3) is 1.78. The Balaban J connectivity index is 2.65. The van der Waals surface area contributed by atoms with E-state index in [0.29, 0.717) is 12.3 Å². The Bertz CT molecular complexity index is 197. The van der Waals surface area contributed by atoms with Gasteiger partial charge in [-0.1, -0.05) is 20.3 Å². The zero-order valence-corrected chi connectivity index (χ0v) is 7.88. The van der Waals surface area contributed by atoms with E-state index in [-0.39, 0.29) is 5.92 Å². The summed E-state index contributed by atoms with van der Waals surface area (Å²) in [7, 11) is 0. The van der Waals surface area contributed by atoms with Gasteiger partial charge in [0.15, 0.2) is 0 Å². The standard InChI is InChI=1S/C10H17NO/c1-8-3-4-9(2)10(12,7-8)5-6-11/h8-9,12H,3-5,7H2,1-2H3. The number of hydrogen-bond donors (Lipinski definition) is 1. The monoisotopic (exact) mass is 167 g/mol. The van der Waals surface area contributed by atoms with E-state index in [9.17, 15) is 5.11 Å². The van der Waals surface area contributed by atoms with Gasteiger partial charge in [-0.2, -0.15) is 5.26 Å². The average Bonchev–Trinajstić information content (AvgIpc) is 1.98. The van der Waals surface area contributed by atoms with Crippen molar-refractivity contribution in [3.63, 3.8) is 0 Å². The van der Waals surface area contributed by atoms with Crippen LogP contribution in [0.5, 0.6) is 0 Å². The van der Waals surface area contributed by atoms with Gasteiger partial charge in [0, 0.05) is 0 Å². The fourth-order valence-electron chi connectivity index (χ4n) is 2.09. The molecule has 1 rings (SSSR count). The predicted octanol–water partition coefficient (Wildman–Crippen LogP) is 2.09. The zero-order valence-electron chi connectivity index (χ0n) is 7.88. The maximum absolute atomic E-state index is 10.1. The van der Waals surface area contributed by atoms with Crippen LogP contribution < -0.4 is 0 Å². The molecule has 0 amide bonds. The molecule has 1 N–H and O–H groups in total. The van der Waals surface area contributed by atoms with Crippen LogP contribution in [0.1, 0.15) is 39.5 Å². The smallest absolute Gasteiger partial charge is 0.0805 e. The third-order valence-corrected chi connectivity index (χ3v) is 3.10. The largest absolute Gasteiger partial charge is 0.389 e. The van der Waals surface area contributed by atoms with Crippen LogP contribution in [0.2, 0.25) is 0 Å². The summed E-state index contributed by atoms with van der Waals surface area (Å²) in [5.74, 6) is 0.855. The summed E-state index contributed by atoms with van der Waals surface area (Å²) in [5.41, 5.74) is -0.702. The van der Waals surface area contributed by atoms with Gasteiger partial charge in [-0.25, -0.2) is 0 Å². The quantitative estimate of drug-likeness (QED) is 0.649. The Hall–Kier alpha value is -0.550. The lowest BCUT2D eigenvalue weighted by atomic mass is 9.71. The summed E-state index contributed by atoms with van der Waals surface area (Å²) in [5, 5.41) is 18.7. The highest BCUT2D eigenvalue weighted by atomic mass is 16.3. The van der Waals surface area contributed by atoms with E-state index in [0.717, 1.165) is 12.8 Å². The molecule has 0 aliphatic heterocycles. The minimum atomic E-state index is -0.702. The molecule has 0 heterocycles. The van der Waals surface area contributed by atoms with Crippen molar-refractivity contribution in [1.29, 1.82) is 5.26 Å². The van der Waals surface area contributed by atoms with Crippen LogP contribution in [0.15, 0.2) is 0 Å². The van der Waals surface area contributed by atoms with E-state index in [1.165, 1.54) is 6.42 Å². The summed E-state index contributed by atoms with van der Waals surface area (Å²) in [4.78, 5) is 0. The van der Waals surface area contributed by atoms with Gasteiger partial charge >= 0.3 is 0 Å². The Kier molecular flexibility index (Phi) is 2.74. The second kappa shape index (κ2) is 3.45. The van der Waals surface area contributed by atoms with Crippen molar-refractivity contribution in [3.05, 3.63) is 0 Å². The van der Waals surface area contributed by atoms with E-state index >= 15 is 0 Å². The molecule has 68 valence electrons. The van der Waals surface area contributed by atoms with Gasteiger partial charge in [0.05, 0.1) is 18.1 Å². The SMILES string of the molecule is CC1CCC(C)C(O)(CC#N)C1. The minimum Gasteiger partial charge on any atom is -0.389 e. The van der Waals surface area contributed by atoms with Crippen molar-refractivity contribution >= 4 is 0 Å². The molecule has 1 saturated carbocycles. The van der Waals surface area contributed by atoms with Crippen molar-refractivity contribution in [2.75, 3.05) is 0 Å². The molecule has 2 nitrogen and oxygen atoms in total. The fraction of sp³-hybridized carbons (Fsp3) is 0.900. The number of rotatable bonds is 1. The molecule has 1 aliphatic carbocycles. The third-order valence-electron chi connectivity index (χ3n) is 3.10. The van der Waals surface area contributed by atoms with Gasteiger partial charge in [0.25, 0.3) is 0 Å². The van der Waals surface area contributed by atoms with Gasteiger partial charge in [0.1, 0.15) is 0 Å².